The highest BCUT2D eigenvalue weighted by atomic mass is 16.7. The summed E-state index contributed by atoms with van der Waals surface area (Å²) in [7, 11) is 0. The number of carbonyl (C=O) groups excluding carboxylic acids is 3. The summed E-state index contributed by atoms with van der Waals surface area (Å²) in [5, 5.41) is 35.8. The number of esters is 1. The molecule has 3 heterocycles. The number of rotatable bonds is 9. The van der Waals surface area contributed by atoms with Crippen LogP contribution < -0.4 is 0 Å². The fourth-order valence-electron chi connectivity index (χ4n) is 9.19. The van der Waals surface area contributed by atoms with E-state index in [0.29, 0.717) is 25.8 Å². The molecule has 0 bridgehead atoms. The SMILES string of the molecule is CC[C@H]1OC(=O)[C@H](C)[C@@H](OC2CC(C)(C)[C@@H](OC=O)[C@H](C)O2)[C@H](C)[C@@H](O[C@@H]2O[C@H](C)C[C@H](C)[C@H]2O)[C@@](C)(O)C[C@@H](C)[C@@H](C)[C@H](C)[C@@H](OC=O)[C@]1(C)O. The third kappa shape index (κ3) is 9.86. The molecule has 13 heteroatoms. The van der Waals surface area contributed by atoms with Crippen molar-refractivity contribution in [3.8, 4) is 0 Å². The van der Waals surface area contributed by atoms with Gasteiger partial charge in [-0.15, -0.1) is 0 Å². The van der Waals surface area contributed by atoms with E-state index in [1.807, 2.05) is 55.4 Å². The van der Waals surface area contributed by atoms with Crippen LogP contribution in [0.25, 0.3) is 0 Å². The lowest BCUT2D eigenvalue weighted by Gasteiger charge is -2.49. The van der Waals surface area contributed by atoms with E-state index in [-0.39, 0.29) is 36.7 Å². The summed E-state index contributed by atoms with van der Waals surface area (Å²) in [5.41, 5.74) is -3.90. The van der Waals surface area contributed by atoms with Gasteiger partial charge in [-0.25, -0.2) is 0 Å². The molecule has 3 fully saturated rings. The summed E-state index contributed by atoms with van der Waals surface area (Å²) in [6.07, 6.45) is -6.94. The number of hydrogen-bond donors (Lipinski definition) is 3. The maximum atomic E-state index is 14.2. The molecule has 3 N–H and O–H groups in total. The second kappa shape index (κ2) is 17.7. The van der Waals surface area contributed by atoms with Crippen molar-refractivity contribution in [3.05, 3.63) is 0 Å². The molecule has 0 spiro atoms. The van der Waals surface area contributed by atoms with Gasteiger partial charge >= 0.3 is 5.97 Å². The Morgan fingerprint density at radius 3 is 1.94 bits per heavy atom. The van der Waals surface area contributed by atoms with E-state index in [1.165, 1.54) is 6.92 Å². The van der Waals surface area contributed by atoms with Crippen molar-refractivity contribution in [2.75, 3.05) is 0 Å². The predicted octanol–water partition coefficient (Wildman–Crippen LogP) is 4.54. The smallest absolute Gasteiger partial charge is 0.311 e. The second-order valence-corrected chi connectivity index (χ2v) is 17.4. The summed E-state index contributed by atoms with van der Waals surface area (Å²) in [4.78, 5) is 37.4. The zero-order valence-electron chi connectivity index (χ0n) is 33.6. The number of cyclic esters (lactones) is 1. The lowest BCUT2D eigenvalue weighted by atomic mass is 9.70. The predicted molar refractivity (Wildman–Crippen MR) is 190 cm³/mol. The van der Waals surface area contributed by atoms with E-state index in [9.17, 15) is 29.7 Å². The summed E-state index contributed by atoms with van der Waals surface area (Å²) in [5.74, 6) is -3.36. The van der Waals surface area contributed by atoms with Crippen molar-refractivity contribution in [3.63, 3.8) is 0 Å². The first-order valence-corrected chi connectivity index (χ1v) is 19.2. The van der Waals surface area contributed by atoms with Gasteiger partial charge in [0.25, 0.3) is 12.9 Å². The maximum absolute atomic E-state index is 14.2. The first-order chi connectivity index (χ1) is 24.0. The van der Waals surface area contributed by atoms with Crippen molar-refractivity contribution in [1.82, 2.24) is 0 Å². The summed E-state index contributed by atoms with van der Waals surface area (Å²) >= 11 is 0. The molecule has 3 rings (SSSR count). The van der Waals surface area contributed by atoms with Crippen LogP contribution in [0, 0.1) is 40.9 Å². The van der Waals surface area contributed by atoms with Crippen molar-refractivity contribution < 1.29 is 62.9 Å². The minimum Gasteiger partial charge on any atom is -0.461 e. The molecule has 1 unspecified atom stereocenters. The van der Waals surface area contributed by atoms with Crippen molar-refractivity contribution in [2.45, 2.75) is 188 Å². The highest BCUT2D eigenvalue weighted by molar-refractivity contribution is 5.73. The van der Waals surface area contributed by atoms with Crippen molar-refractivity contribution >= 4 is 18.9 Å². The van der Waals surface area contributed by atoms with Crippen LogP contribution in [0.4, 0.5) is 0 Å². The Balaban J connectivity index is 2.18. The van der Waals surface area contributed by atoms with Gasteiger partial charge in [-0.2, -0.15) is 0 Å². The Morgan fingerprint density at radius 1 is 0.788 bits per heavy atom. The fourth-order valence-corrected chi connectivity index (χ4v) is 9.19. The monoisotopic (exact) mass is 744 g/mol. The van der Waals surface area contributed by atoms with Crippen LogP contribution >= 0.6 is 0 Å². The van der Waals surface area contributed by atoms with Gasteiger partial charge < -0.3 is 48.5 Å². The molecule has 3 aliphatic rings. The normalized spacial score (nSPS) is 48.1. The molecular formula is C39H68O13. The number of hydrogen-bond acceptors (Lipinski definition) is 13. The van der Waals surface area contributed by atoms with E-state index in [2.05, 4.69) is 0 Å². The summed E-state index contributed by atoms with van der Waals surface area (Å²) in [6.45, 7) is 24.5. The third-order valence-electron chi connectivity index (χ3n) is 12.5. The Labute approximate surface area is 310 Å². The van der Waals surface area contributed by atoms with Crippen LogP contribution in [0.15, 0.2) is 0 Å². The Morgan fingerprint density at radius 2 is 1.38 bits per heavy atom. The van der Waals surface area contributed by atoms with E-state index >= 15 is 0 Å². The molecule has 0 aliphatic carbocycles. The fraction of sp³-hybridized carbons (Fsp3) is 0.923. The Bertz CT molecular complexity index is 1170. The van der Waals surface area contributed by atoms with Gasteiger partial charge in [-0.1, -0.05) is 55.4 Å². The van der Waals surface area contributed by atoms with Gasteiger partial charge in [-0.05, 0) is 77.6 Å². The number of aliphatic hydroxyl groups is 3. The minimum absolute atomic E-state index is 0.136. The number of carbonyl (C=O) groups is 3. The molecule has 0 amide bonds. The minimum atomic E-state index is -1.76. The molecule has 0 aromatic carbocycles. The summed E-state index contributed by atoms with van der Waals surface area (Å²) in [6, 6.07) is 0. The van der Waals surface area contributed by atoms with Crippen LogP contribution in [-0.4, -0.2) is 107 Å². The molecule has 302 valence electrons. The molecule has 0 radical (unpaired) electrons. The lowest BCUT2D eigenvalue weighted by molar-refractivity contribution is -0.312. The maximum Gasteiger partial charge on any atom is 0.311 e. The highest BCUT2D eigenvalue weighted by Crippen LogP contribution is 2.44. The van der Waals surface area contributed by atoms with E-state index in [4.69, 9.17) is 33.2 Å². The molecule has 52 heavy (non-hydrogen) atoms. The topological polar surface area (TPSA) is 177 Å². The molecule has 0 aromatic heterocycles. The summed E-state index contributed by atoms with van der Waals surface area (Å²) < 4.78 is 42.8. The molecule has 3 aliphatic heterocycles. The molecule has 18 atom stereocenters. The van der Waals surface area contributed by atoms with Crippen molar-refractivity contribution in [1.29, 1.82) is 0 Å². The Kier molecular flexibility index (Phi) is 15.2. The molecule has 3 saturated heterocycles. The standard InChI is InChI=1S/C39H68O13/c1-14-28-39(13,45)33(46-18-40)24(6)23(5)21(3)16-38(12,44)32(52-36-30(42)20(2)15-22(4)48-36)25(7)31(26(8)35(43)50-28)51-29-17-37(10,11)34(47-19-41)27(9)49-29/h18-34,36,42,44-45H,14-17H2,1-13H3/t20-,21+,22+,23+,24-,25-,26+,27-,28+,29?,30+,31-,32+,33+,34-,36-,38-,39+/m0/s1. The number of ether oxygens (including phenoxy) is 7. The average molecular weight is 745 g/mol. The van der Waals surface area contributed by atoms with Crippen LogP contribution in [0.3, 0.4) is 0 Å². The third-order valence-corrected chi connectivity index (χ3v) is 12.5. The van der Waals surface area contributed by atoms with Gasteiger partial charge in [0.15, 0.2) is 12.6 Å². The van der Waals surface area contributed by atoms with Gasteiger partial charge in [0.05, 0.1) is 35.9 Å². The van der Waals surface area contributed by atoms with Crippen LogP contribution in [-0.2, 0) is 47.5 Å². The van der Waals surface area contributed by atoms with Crippen LogP contribution in [0.5, 0.6) is 0 Å². The van der Waals surface area contributed by atoms with Gasteiger partial charge in [0.1, 0.15) is 30.0 Å². The zero-order valence-corrected chi connectivity index (χ0v) is 33.6. The first kappa shape index (κ1) is 44.5. The quantitative estimate of drug-likeness (QED) is 0.171. The zero-order chi connectivity index (χ0) is 39.5. The Hall–Kier alpha value is -1.87. The average Bonchev–Trinajstić information content (AvgIpc) is 3.04. The molecule has 13 nitrogen and oxygen atoms in total. The molecule has 0 saturated carbocycles. The molecule has 0 aromatic rings. The first-order valence-electron chi connectivity index (χ1n) is 19.2. The van der Waals surface area contributed by atoms with Crippen LogP contribution in [0.2, 0.25) is 0 Å². The second-order valence-electron chi connectivity index (χ2n) is 17.4. The largest absolute Gasteiger partial charge is 0.461 e. The number of aliphatic hydroxyl groups excluding tert-OH is 1. The van der Waals surface area contributed by atoms with Gasteiger partial charge in [0, 0.05) is 17.8 Å². The van der Waals surface area contributed by atoms with E-state index in [0.717, 1.165) is 0 Å². The highest BCUT2D eigenvalue weighted by Gasteiger charge is 2.53. The molecular weight excluding hydrogens is 676 g/mol. The van der Waals surface area contributed by atoms with Crippen LogP contribution in [0.1, 0.15) is 116 Å². The van der Waals surface area contributed by atoms with Gasteiger partial charge in [0.2, 0.25) is 0 Å². The van der Waals surface area contributed by atoms with E-state index in [1.54, 1.807) is 27.7 Å². The lowest BCUT2D eigenvalue weighted by Crippen LogP contribution is -2.59. The van der Waals surface area contributed by atoms with Crippen molar-refractivity contribution in [2.24, 2.45) is 40.9 Å². The van der Waals surface area contributed by atoms with E-state index < -0.39 is 95.6 Å². The van der Waals surface area contributed by atoms with Gasteiger partial charge in [-0.3, -0.25) is 14.4 Å².